The van der Waals surface area contributed by atoms with Crippen molar-refractivity contribution in [3.8, 4) is 11.4 Å². The summed E-state index contributed by atoms with van der Waals surface area (Å²) in [5.74, 6) is 0.829. The molecule has 1 N–H and O–H groups in total. The van der Waals surface area contributed by atoms with Crippen LogP contribution < -0.4 is 5.32 Å². The number of benzene rings is 1. The monoisotopic (exact) mass is 414 g/mol. The van der Waals surface area contributed by atoms with Crippen LogP contribution in [0.3, 0.4) is 0 Å². The molecular formula is C24H26N6O. The van der Waals surface area contributed by atoms with Crippen molar-refractivity contribution in [1.82, 2.24) is 24.3 Å². The predicted octanol–water partition coefficient (Wildman–Crippen LogP) is 4.77. The van der Waals surface area contributed by atoms with E-state index in [1.165, 1.54) is 18.5 Å². The van der Waals surface area contributed by atoms with Crippen molar-refractivity contribution < 1.29 is 4.79 Å². The number of anilines is 1. The van der Waals surface area contributed by atoms with Crippen LogP contribution in [0.2, 0.25) is 0 Å². The zero-order valence-electron chi connectivity index (χ0n) is 18.1. The highest BCUT2D eigenvalue weighted by atomic mass is 16.1. The molecule has 1 aliphatic rings. The van der Waals surface area contributed by atoms with Gasteiger partial charge < -0.3 is 9.88 Å². The van der Waals surface area contributed by atoms with Crippen molar-refractivity contribution in [2.24, 2.45) is 0 Å². The molecule has 158 valence electrons. The lowest BCUT2D eigenvalue weighted by molar-refractivity contribution is 0.102. The number of pyridine rings is 1. The molecule has 7 nitrogen and oxygen atoms in total. The average molecular weight is 415 g/mol. The molecule has 0 aliphatic carbocycles. The lowest BCUT2D eigenvalue weighted by atomic mass is 10.1. The van der Waals surface area contributed by atoms with Crippen LogP contribution in [0, 0.1) is 6.92 Å². The first-order valence-corrected chi connectivity index (χ1v) is 10.8. The van der Waals surface area contributed by atoms with E-state index < -0.39 is 0 Å². The minimum Gasteiger partial charge on any atom is -0.328 e. The maximum Gasteiger partial charge on any atom is 0.257 e. The first-order valence-electron chi connectivity index (χ1n) is 10.8. The summed E-state index contributed by atoms with van der Waals surface area (Å²) >= 11 is 0. The Morgan fingerprint density at radius 1 is 1.13 bits per heavy atom. The first-order chi connectivity index (χ1) is 15.0. The van der Waals surface area contributed by atoms with Gasteiger partial charge in [-0.3, -0.25) is 4.79 Å². The van der Waals surface area contributed by atoms with Crippen molar-refractivity contribution in [3.63, 3.8) is 0 Å². The molecule has 0 spiro atoms. The number of nitrogens with one attached hydrogen (secondary N) is 1. The lowest BCUT2D eigenvalue weighted by Gasteiger charge is -2.16. The number of nitrogens with zero attached hydrogens (tertiary/aromatic N) is 5. The number of carbonyl (C=O) groups is 1. The molecule has 1 aliphatic heterocycles. The van der Waals surface area contributed by atoms with Gasteiger partial charge in [0.2, 0.25) is 0 Å². The van der Waals surface area contributed by atoms with Crippen LogP contribution >= 0.6 is 0 Å². The second kappa shape index (κ2) is 7.65. The van der Waals surface area contributed by atoms with Crippen molar-refractivity contribution in [2.45, 2.75) is 52.6 Å². The van der Waals surface area contributed by atoms with Gasteiger partial charge in [0.25, 0.3) is 5.91 Å². The number of aromatic nitrogens is 5. The minimum atomic E-state index is -0.171. The quantitative estimate of drug-likeness (QED) is 0.522. The van der Waals surface area contributed by atoms with E-state index in [9.17, 15) is 4.79 Å². The standard InChI is InChI=1S/C24H26N6O/c1-15(2)30-23-18(13-26-30)12-21(16(3)27-23)24(31)28-19-9-7-17(8-10-19)22-25-14-20-6-4-5-11-29(20)22/h7-10,12-15H,4-6,11H2,1-3H3,(H,28,31). The summed E-state index contributed by atoms with van der Waals surface area (Å²) in [5.41, 5.74) is 5.16. The molecule has 4 heterocycles. The minimum absolute atomic E-state index is 0.171. The second-order valence-corrected chi connectivity index (χ2v) is 8.43. The highest BCUT2D eigenvalue weighted by Crippen LogP contribution is 2.26. The lowest BCUT2D eigenvalue weighted by Crippen LogP contribution is -2.14. The Balaban J connectivity index is 1.37. The van der Waals surface area contributed by atoms with E-state index in [4.69, 9.17) is 0 Å². The Morgan fingerprint density at radius 2 is 1.94 bits per heavy atom. The van der Waals surface area contributed by atoms with Gasteiger partial charge >= 0.3 is 0 Å². The highest BCUT2D eigenvalue weighted by Gasteiger charge is 2.17. The molecule has 4 aromatic rings. The van der Waals surface area contributed by atoms with Crippen molar-refractivity contribution in [1.29, 1.82) is 0 Å². The molecule has 0 saturated heterocycles. The third-order valence-corrected chi connectivity index (χ3v) is 5.90. The summed E-state index contributed by atoms with van der Waals surface area (Å²) in [7, 11) is 0. The molecule has 5 rings (SSSR count). The van der Waals surface area contributed by atoms with Gasteiger partial charge in [-0.1, -0.05) is 0 Å². The number of imidazole rings is 1. The number of hydrogen-bond donors (Lipinski definition) is 1. The molecule has 31 heavy (non-hydrogen) atoms. The Morgan fingerprint density at radius 3 is 2.71 bits per heavy atom. The van der Waals surface area contributed by atoms with Crippen LogP contribution in [0.15, 0.2) is 42.7 Å². The van der Waals surface area contributed by atoms with E-state index in [2.05, 4.69) is 38.8 Å². The van der Waals surface area contributed by atoms with E-state index in [1.807, 2.05) is 48.1 Å². The summed E-state index contributed by atoms with van der Waals surface area (Å²) in [4.78, 5) is 22.2. The van der Waals surface area contributed by atoms with Crippen molar-refractivity contribution in [2.75, 3.05) is 5.32 Å². The normalized spacial score (nSPS) is 13.5. The fourth-order valence-electron chi connectivity index (χ4n) is 4.24. The predicted molar refractivity (Wildman–Crippen MR) is 121 cm³/mol. The van der Waals surface area contributed by atoms with E-state index in [0.717, 1.165) is 41.1 Å². The summed E-state index contributed by atoms with van der Waals surface area (Å²) in [6.45, 7) is 7.00. The molecule has 0 radical (unpaired) electrons. The van der Waals surface area contributed by atoms with Gasteiger partial charge in [0, 0.05) is 41.1 Å². The summed E-state index contributed by atoms with van der Waals surface area (Å²) in [5, 5.41) is 8.26. The number of carbonyl (C=O) groups excluding carboxylic acids is 1. The largest absolute Gasteiger partial charge is 0.328 e. The van der Waals surface area contributed by atoms with E-state index in [1.54, 1.807) is 6.20 Å². The van der Waals surface area contributed by atoms with Crippen LogP contribution in [-0.4, -0.2) is 30.2 Å². The highest BCUT2D eigenvalue weighted by molar-refractivity contribution is 6.06. The van der Waals surface area contributed by atoms with Crippen molar-refractivity contribution in [3.05, 3.63) is 59.7 Å². The Hall–Kier alpha value is -3.48. The summed E-state index contributed by atoms with van der Waals surface area (Å²) in [6.07, 6.45) is 7.26. The molecule has 1 amide bonds. The zero-order valence-corrected chi connectivity index (χ0v) is 18.1. The van der Waals surface area contributed by atoms with Crippen molar-refractivity contribution >= 4 is 22.6 Å². The van der Waals surface area contributed by atoms with Crippen LogP contribution in [-0.2, 0) is 13.0 Å². The average Bonchev–Trinajstić information content (AvgIpc) is 3.37. The fourth-order valence-corrected chi connectivity index (χ4v) is 4.24. The third kappa shape index (κ3) is 3.50. The Kier molecular flexibility index (Phi) is 4.81. The second-order valence-electron chi connectivity index (χ2n) is 8.43. The third-order valence-electron chi connectivity index (χ3n) is 5.90. The van der Waals surface area contributed by atoms with Gasteiger partial charge in [0.05, 0.1) is 17.5 Å². The molecule has 7 heteroatoms. The molecule has 0 bridgehead atoms. The number of amides is 1. The smallest absolute Gasteiger partial charge is 0.257 e. The van der Waals surface area contributed by atoms with Gasteiger partial charge in [-0.05, 0) is 70.4 Å². The van der Waals surface area contributed by atoms with E-state index in [0.29, 0.717) is 11.3 Å². The fraction of sp³-hybridized carbons (Fsp3) is 0.333. The van der Waals surface area contributed by atoms with E-state index >= 15 is 0 Å². The van der Waals surface area contributed by atoms with Gasteiger partial charge in [-0.2, -0.15) is 5.10 Å². The van der Waals surface area contributed by atoms with Gasteiger partial charge in [-0.15, -0.1) is 0 Å². The van der Waals surface area contributed by atoms with E-state index in [-0.39, 0.29) is 11.9 Å². The topological polar surface area (TPSA) is 77.6 Å². The van der Waals surface area contributed by atoms with Crippen LogP contribution in [0.1, 0.15) is 54.5 Å². The molecule has 0 unspecified atom stereocenters. The first kappa shape index (κ1) is 19.5. The Bertz CT molecular complexity index is 1270. The molecule has 0 saturated carbocycles. The number of aryl methyl sites for hydroxylation is 2. The molecule has 0 atom stereocenters. The number of fused-ring (bicyclic) bond motifs is 2. The summed E-state index contributed by atoms with van der Waals surface area (Å²) in [6, 6.07) is 9.96. The zero-order chi connectivity index (χ0) is 21.5. The van der Waals surface area contributed by atoms with Crippen LogP contribution in [0.25, 0.3) is 22.4 Å². The Labute approximate surface area is 181 Å². The number of hydrogen-bond acceptors (Lipinski definition) is 4. The molecule has 3 aromatic heterocycles. The molecule has 0 fully saturated rings. The maximum atomic E-state index is 12.9. The maximum absolute atomic E-state index is 12.9. The SMILES string of the molecule is Cc1nc2c(cnn2C(C)C)cc1C(=O)Nc1ccc(-c2ncc3n2CCCC3)cc1. The van der Waals surface area contributed by atoms with Crippen LogP contribution in [0.5, 0.6) is 0 Å². The van der Waals surface area contributed by atoms with Gasteiger partial charge in [-0.25, -0.2) is 14.6 Å². The van der Waals surface area contributed by atoms with Gasteiger partial charge in [0.1, 0.15) is 5.82 Å². The molecular weight excluding hydrogens is 388 g/mol. The van der Waals surface area contributed by atoms with Crippen LogP contribution in [0.4, 0.5) is 5.69 Å². The number of rotatable bonds is 4. The van der Waals surface area contributed by atoms with Gasteiger partial charge in [0.15, 0.2) is 5.65 Å². The summed E-state index contributed by atoms with van der Waals surface area (Å²) < 4.78 is 4.18. The molecule has 1 aromatic carbocycles.